The summed E-state index contributed by atoms with van der Waals surface area (Å²) in [5, 5.41) is 6.23. The van der Waals surface area contributed by atoms with Crippen LogP contribution >= 0.6 is 11.3 Å². The Labute approximate surface area is 189 Å². The lowest BCUT2D eigenvalue weighted by molar-refractivity contribution is -0.122. The Kier molecular flexibility index (Phi) is 5.32. The smallest absolute Gasteiger partial charge is 0.263 e. The second-order valence-corrected chi connectivity index (χ2v) is 10.2. The number of benzene rings is 2. The molecular weight excluding hydrogens is 446 g/mol. The highest BCUT2D eigenvalue weighted by atomic mass is 32.2. The van der Waals surface area contributed by atoms with Gasteiger partial charge in [-0.3, -0.25) is 9.52 Å². The largest absolute Gasteiger partial charge is 0.367 e. The van der Waals surface area contributed by atoms with Gasteiger partial charge < -0.3 is 14.8 Å². The van der Waals surface area contributed by atoms with Crippen molar-refractivity contribution in [3.8, 4) is 0 Å². The SMILES string of the molecule is O=C(Cn1ccc2ccccc21)NC1CN(c2ccc(S(=O)(=O)Nc3nccs3)cc2)C1. The third-order valence-electron chi connectivity index (χ3n) is 5.41. The van der Waals surface area contributed by atoms with Gasteiger partial charge in [-0.15, -0.1) is 11.3 Å². The zero-order valence-electron chi connectivity index (χ0n) is 17.0. The summed E-state index contributed by atoms with van der Waals surface area (Å²) >= 11 is 1.23. The molecule has 2 aromatic carbocycles. The van der Waals surface area contributed by atoms with Crippen LogP contribution in [0.1, 0.15) is 0 Å². The monoisotopic (exact) mass is 467 g/mol. The first-order valence-corrected chi connectivity index (χ1v) is 12.4. The average molecular weight is 468 g/mol. The molecule has 2 aromatic heterocycles. The van der Waals surface area contributed by atoms with E-state index >= 15 is 0 Å². The van der Waals surface area contributed by atoms with Crippen LogP contribution in [0.5, 0.6) is 0 Å². The van der Waals surface area contributed by atoms with Gasteiger partial charge in [-0.05, 0) is 41.8 Å². The molecule has 0 aliphatic carbocycles. The van der Waals surface area contributed by atoms with Crippen molar-refractivity contribution in [3.63, 3.8) is 0 Å². The summed E-state index contributed by atoms with van der Waals surface area (Å²) < 4.78 is 29.3. The fourth-order valence-electron chi connectivity index (χ4n) is 3.77. The van der Waals surface area contributed by atoms with Crippen molar-refractivity contribution in [2.24, 2.45) is 0 Å². The van der Waals surface area contributed by atoms with Gasteiger partial charge in [0.15, 0.2) is 5.13 Å². The number of anilines is 2. The molecule has 1 aliphatic rings. The van der Waals surface area contributed by atoms with Crippen molar-refractivity contribution in [3.05, 3.63) is 72.4 Å². The Bertz CT molecular complexity index is 1340. The second kappa shape index (κ2) is 8.29. The van der Waals surface area contributed by atoms with Crippen LogP contribution < -0.4 is 14.9 Å². The first-order chi connectivity index (χ1) is 15.5. The van der Waals surface area contributed by atoms with Crippen LogP contribution in [-0.2, 0) is 21.4 Å². The van der Waals surface area contributed by atoms with Crippen molar-refractivity contribution < 1.29 is 13.2 Å². The molecule has 164 valence electrons. The van der Waals surface area contributed by atoms with E-state index < -0.39 is 10.0 Å². The first kappa shape index (κ1) is 20.5. The number of nitrogens with one attached hydrogen (secondary N) is 2. The maximum absolute atomic E-state index is 12.5. The number of hydrogen-bond acceptors (Lipinski definition) is 6. The molecule has 2 N–H and O–H groups in total. The molecular formula is C22H21N5O3S2. The third-order valence-corrected chi connectivity index (χ3v) is 7.58. The number of amides is 1. The molecule has 0 spiro atoms. The van der Waals surface area contributed by atoms with Crippen molar-refractivity contribution in [2.45, 2.75) is 17.5 Å². The van der Waals surface area contributed by atoms with E-state index in [0.717, 1.165) is 16.6 Å². The van der Waals surface area contributed by atoms with E-state index in [4.69, 9.17) is 0 Å². The second-order valence-electron chi connectivity index (χ2n) is 7.61. The van der Waals surface area contributed by atoms with Gasteiger partial charge in [-0.2, -0.15) is 0 Å². The number of carbonyl (C=O) groups is 1. The number of thiazole rings is 1. The van der Waals surface area contributed by atoms with Crippen molar-refractivity contribution >= 4 is 49.0 Å². The molecule has 1 amide bonds. The summed E-state index contributed by atoms with van der Waals surface area (Å²) in [7, 11) is -3.66. The molecule has 4 aromatic rings. The number of rotatable bonds is 7. The summed E-state index contributed by atoms with van der Waals surface area (Å²) in [6.07, 6.45) is 3.47. The molecule has 5 rings (SSSR count). The highest BCUT2D eigenvalue weighted by molar-refractivity contribution is 7.93. The molecule has 1 saturated heterocycles. The van der Waals surface area contributed by atoms with E-state index in [1.165, 1.54) is 11.3 Å². The van der Waals surface area contributed by atoms with Crippen LogP contribution in [0.25, 0.3) is 10.9 Å². The van der Waals surface area contributed by atoms with Crippen molar-refractivity contribution in [1.29, 1.82) is 0 Å². The Balaban J connectivity index is 1.15. The molecule has 0 atom stereocenters. The molecule has 0 bridgehead atoms. The third kappa shape index (κ3) is 4.19. The molecule has 0 radical (unpaired) electrons. The van der Waals surface area contributed by atoms with Gasteiger partial charge in [0.05, 0.1) is 10.9 Å². The zero-order valence-corrected chi connectivity index (χ0v) is 18.6. The molecule has 1 aliphatic heterocycles. The minimum absolute atomic E-state index is 0.0225. The summed E-state index contributed by atoms with van der Waals surface area (Å²) in [6.45, 7) is 1.64. The summed E-state index contributed by atoms with van der Waals surface area (Å²) in [4.78, 5) is 18.7. The fourth-order valence-corrected chi connectivity index (χ4v) is 5.56. The Morgan fingerprint density at radius 1 is 1.09 bits per heavy atom. The van der Waals surface area contributed by atoms with E-state index in [1.54, 1.807) is 35.8 Å². The van der Waals surface area contributed by atoms with Gasteiger partial charge in [0.1, 0.15) is 6.54 Å². The minimum atomic E-state index is -3.66. The van der Waals surface area contributed by atoms with Crippen LogP contribution in [0.4, 0.5) is 10.8 Å². The summed E-state index contributed by atoms with van der Waals surface area (Å²) in [5.41, 5.74) is 1.96. The lowest BCUT2D eigenvalue weighted by Gasteiger charge is -2.41. The van der Waals surface area contributed by atoms with Crippen LogP contribution in [-0.4, -0.2) is 43.0 Å². The molecule has 1 fully saturated rings. The number of carbonyl (C=O) groups excluding carboxylic acids is 1. The number of nitrogens with zero attached hydrogens (tertiary/aromatic N) is 3. The number of sulfonamides is 1. The molecule has 0 saturated carbocycles. The number of aromatic nitrogens is 2. The topological polar surface area (TPSA) is 96.3 Å². The molecule has 32 heavy (non-hydrogen) atoms. The van der Waals surface area contributed by atoms with Crippen molar-refractivity contribution in [2.75, 3.05) is 22.7 Å². The first-order valence-electron chi connectivity index (χ1n) is 10.1. The lowest BCUT2D eigenvalue weighted by atomic mass is 10.1. The molecule has 10 heteroatoms. The Hall–Kier alpha value is -3.37. The predicted octanol–water partition coefficient (Wildman–Crippen LogP) is 2.90. The van der Waals surface area contributed by atoms with Gasteiger partial charge >= 0.3 is 0 Å². The van der Waals surface area contributed by atoms with Crippen LogP contribution in [0.3, 0.4) is 0 Å². The molecule has 3 heterocycles. The number of para-hydroxylation sites is 1. The Morgan fingerprint density at radius 2 is 1.88 bits per heavy atom. The van der Waals surface area contributed by atoms with Crippen LogP contribution in [0.15, 0.2) is 77.3 Å². The van der Waals surface area contributed by atoms with E-state index in [2.05, 4.69) is 19.9 Å². The zero-order chi connectivity index (χ0) is 22.1. The number of fused-ring (bicyclic) bond motifs is 1. The normalized spacial score (nSPS) is 14.3. The molecule has 8 nitrogen and oxygen atoms in total. The van der Waals surface area contributed by atoms with Gasteiger partial charge in [0.2, 0.25) is 5.91 Å². The van der Waals surface area contributed by atoms with E-state index in [1.807, 2.05) is 41.1 Å². The maximum Gasteiger partial charge on any atom is 0.263 e. The minimum Gasteiger partial charge on any atom is -0.367 e. The quantitative estimate of drug-likeness (QED) is 0.436. The fraction of sp³-hybridized carbons (Fsp3) is 0.182. The van der Waals surface area contributed by atoms with Crippen molar-refractivity contribution in [1.82, 2.24) is 14.9 Å². The van der Waals surface area contributed by atoms with Gasteiger partial charge in [-0.1, -0.05) is 18.2 Å². The maximum atomic E-state index is 12.5. The predicted molar refractivity (Wildman–Crippen MR) is 125 cm³/mol. The average Bonchev–Trinajstić information content (AvgIpc) is 3.40. The Morgan fingerprint density at radius 3 is 2.62 bits per heavy atom. The van der Waals surface area contributed by atoms with E-state index in [9.17, 15) is 13.2 Å². The van der Waals surface area contributed by atoms with Gasteiger partial charge in [0, 0.05) is 42.1 Å². The standard InChI is InChI=1S/C22H21N5O3S2/c28-21(15-26-11-9-16-3-1-2-4-20(16)26)24-17-13-27(14-17)18-5-7-19(8-6-18)32(29,30)25-22-23-10-12-31-22/h1-12,17H,13-15H2,(H,23,25)(H,24,28). The van der Waals surface area contributed by atoms with Crippen LogP contribution in [0.2, 0.25) is 0 Å². The highest BCUT2D eigenvalue weighted by Gasteiger charge is 2.28. The van der Waals surface area contributed by atoms with Gasteiger partial charge in [-0.25, -0.2) is 13.4 Å². The summed E-state index contributed by atoms with van der Waals surface area (Å²) in [5.74, 6) is -0.0225. The lowest BCUT2D eigenvalue weighted by Crippen LogP contribution is -2.59. The van der Waals surface area contributed by atoms with E-state index in [-0.39, 0.29) is 23.4 Å². The van der Waals surface area contributed by atoms with Crippen LogP contribution in [0, 0.1) is 0 Å². The van der Waals surface area contributed by atoms with E-state index in [0.29, 0.717) is 18.2 Å². The summed E-state index contributed by atoms with van der Waals surface area (Å²) in [6, 6.07) is 16.8. The number of hydrogen-bond donors (Lipinski definition) is 2. The highest BCUT2D eigenvalue weighted by Crippen LogP contribution is 2.24. The molecule has 0 unspecified atom stereocenters. The van der Waals surface area contributed by atoms with Gasteiger partial charge in [0.25, 0.3) is 10.0 Å².